The molecule has 1 amide bonds. The SMILES string of the molecule is CCC1CN(C(=NC)NCCNC(=O)c2ccccc2F)CCS1. The number of rotatable bonds is 5. The molecule has 1 saturated heterocycles. The molecule has 0 aliphatic carbocycles. The molecule has 1 aliphatic heterocycles. The summed E-state index contributed by atoms with van der Waals surface area (Å²) in [4.78, 5) is 18.5. The van der Waals surface area contributed by atoms with Crippen LogP contribution in [0.15, 0.2) is 29.3 Å². The zero-order chi connectivity index (χ0) is 17.4. The summed E-state index contributed by atoms with van der Waals surface area (Å²) in [6.07, 6.45) is 1.15. The first-order valence-electron chi connectivity index (χ1n) is 8.25. The molecule has 0 bridgehead atoms. The van der Waals surface area contributed by atoms with Crippen molar-refractivity contribution >= 4 is 23.6 Å². The second-order valence-electron chi connectivity index (χ2n) is 5.56. The van der Waals surface area contributed by atoms with Crippen molar-refractivity contribution in [1.29, 1.82) is 0 Å². The fourth-order valence-corrected chi connectivity index (χ4v) is 3.76. The molecular weight excluding hydrogens is 327 g/mol. The fraction of sp³-hybridized carbons (Fsp3) is 0.529. The summed E-state index contributed by atoms with van der Waals surface area (Å²) < 4.78 is 13.5. The van der Waals surface area contributed by atoms with E-state index in [0.29, 0.717) is 18.3 Å². The number of guanidine groups is 1. The van der Waals surface area contributed by atoms with Crippen LogP contribution >= 0.6 is 11.8 Å². The van der Waals surface area contributed by atoms with Gasteiger partial charge in [0.1, 0.15) is 5.82 Å². The molecule has 1 aromatic carbocycles. The highest BCUT2D eigenvalue weighted by Crippen LogP contribution is 2.20. The molecule has 132 valence electrons. The van der Waals surface area contributed by atoms with Crippen molar-refractivity contribution in [3.63, 3.8) is 0 Å². The molecule has 1 aliphatic rings. The largest absolute Gasteiger partial charge is 0.354 e. The number of amides is 1. The van der Waals surface area contributed by atoms with E-state index in [-0.39, 0.29) is 5.56 Å². The van der Waals surface area contributed by atoms with E-state index >= 15 is 0 Å². The van der Waals surface area contributed by atoms with E-state index < -0.39 is 11.7 Å². The van der Waals surface area contributed by atoms with Gasteiger partial charge in [-0.2, -0.15) is 11.8 Å². The van der Waals surface area contributed by atoms with E-state index in [1.807, 2.05) is 11.8 Å². The topological polar surface area (TPSA) is 56.7 Å². The third kappa shape index (κ3) is 5.12. The minimum atomic E-state index is -0.504. The van der Waals surface area contributed by atoms with Crippen LogP contribution in [0.5, 0.6) is 0 Å². The zero-order valence-electron chi connectivity index (χ0n) is 14.2. The summed E-state index contributed by atoms with van der Waals surface area (Å²) in [6, 6.07) is 5.98. The molecule has 0 saturated carbocycles. The number of hydrogen-bond acceptors (Lipinski definition) is 3. The van der Waals surface area contributed by atoms with Crippen LogP contribution in [0.1, 0.15) is 23.7 Å². The van der Waals surface area contributed by atoms with Crippen LogP contribution in [0.2, 0.25) is 0 Å². The zero-order valence-corrected chi connectivity index (χ0v) is 15.0. The first-order valence-corrected chi connectivity index (χ1v) is 9.30. The molecule has 0 aromatic heterocycles. The number of aliphatic imine (C=N–C) groups is 1. The summed E-state index contributed by atoms with van der Waals surface area (Å²) in [5.41, 5.74) is 0.0701. The highest BCUT2D eigenvalue weighted by atomic mass is 32.2. The van der Waals surface area contributed by atoms with Gasteiger partial charge in [-0.05, 0) is 18.6 Å². The molecule has 2 N–H and O–H groups in total. The van der Waals surface area contributed by atoms with Gasteiger partial charge in [-0.1, -0.05) is 19.1 Å². The summed E-state index contributed by atoms with van der Waals surface area (Å²) in [7, 11) is 1.77. The van der Waals surface area contributed by atoms with Gasteiger partial charge in [-0.25, -0.2) is 4.39 Å². The molecule has 1 fully saturated rings. The highest BCUT2D eigenvalue weighted by molar-refractivity contribution is 8.00. The van der Waals surface area contributed by atoms with Crippen molar-refractivity contribution in [2.24, 2.45) is 4.99 Å². The Morgan fingerprint density at radius 1 is 1.38 bits per heavy atom. The van der Waals surface area contributed by atoms with Crippen LogP contribution in [-0.2, 0) is 0 Å². The number of carbonyl (C=O) groups is 1. The standard InChI is InChI=1S/C17H25FN4OS/c1-3-13-12-22(10-11-24-13)17(19-2)21-9-8-20-16(23)14-6-4-5-7-15(14)18/h4-7,13H,3,8-12H2,1-2H3,(H,19,21)(H,20,23). The van der Waals surface area contributed by atoms with E-state index in [4.69, 9.17) is 0 Å². The third-order valence-corrected chi connectivity index (χ3v) is 5.29. The molecule has 2 rings (SSSR count). The molecular formula is C17H25FN4OS. The predicted octanol–water partition coefficient (Wildman–Crippen LogP) is 1.96. The maximum Gasteiger partial charge on any atom is 0.254 e. The Morgan fingerprint density at radius 3 is 2.83 bits per heavy atom. The smallest absolute Gasteiger partial charge is 0.254 e. The van der Waals surface area contributed by atoms with Gasteiger partial charge in [-0.3, -0.25) is 9.79 Å². The number of hydrogen-bond donors (Lipinski definition) is 2. The van der Waals surface area contributed by atoms with Crippen molar-refractivity contribution in [3.05, 3.63) is 35.6 Å². The number of nitrogens with zero attached hydrogens (tertiary/aromatic N) is 2. The first-order chi connectivity index (χ1) is 11.7. The van der Waals surface area contributed by atoms with E-state index in [2.05, 4.69) is 27.4 Å². The lowest BCUT2D eigenvalue weighted by molar-refractivity contribution is 0.0950. The fourth-order valence-electron chi connectivity index (χ4n) is 2.58. The Kier molecular flexibility index (Phi) is 7.36. The average Bonchev–Trinajstić information content (AvgIpc) is 2.62. The molecule has 1 aromatic rings. The van der Waals surface area contributed by atoms with Gasteiger partial charge < -0.3 is 15.5 Å². The highest BCUT2D eigenvalue weighted by Gasteiger charge is 2.21. The van der Waals surface area contributed by atoms with Gasteiger partial charge in [0.15, 0.2) is 5.96 Å². The molecule has 1 unspecified atom stereocenters. The Morgan fingerprint density at radius 2 is 2.12 bits per heavy atom. The van der Waals surface area contributed by atoms with Gasteiger partial charge in [0.05, 0.1) is 5.56 Å². The third-order valence-electron chi connectivity index (χ3n) is 3.92. The van der Waals surface area contributed by atoms with E-state index in [9.17, 15) is 9.18 Å². The second-order valence-corrected chi connectivity index (χ2v) is 6.97. The van der Waals surface area contributed by atoms with Crippen LogP contribution in [0.4, 0.5) is 4.39 Å². The lowest BCUT2D eigenvalue weighted by atomic mass is 10.2. The van der Waals surface area contributed by atoms with E-state index in [1.54, 1.807) is 19.2 Å². The van der Waals surface area contributed by atoms with Crippen molar-refractivity contribution < 1.29 is 9.18 Å². The monoisotopic (exact) mass is 352 g/mol. The number of thioether (sulfide) groups is 1. The molecule has 7 heteroatoms. The minimum Gasteiger partial charge on any atom is -0.354 e. The number of carbonyl (C=O) groups excluding carboxylic acids is 1. The Labute approximate surface area is 147 Å². The van der Waals surface area contributed by atoms with Crippen LogP contribution in [0.25, 0.3) is 0 Å². The molecule has 24 heavy (non-hydrogen) atoms. The average molecular weight is 352 g/mol. The molecule has 5 nitrogen and oxygen atoms in total. The quantitative estimate of drug-likeness (QED) is 0.483. The second kappa shape index (κ2) is 9.52. The predicted molar refractivity (Wildman–Crippen MR) is 98.2 cm³/mol. The van der Waals surface area contributed by atoms with Crippen molar-refractivity contribution in [2.45, 2.75) is 18.6 Å². The molecule has 1 atom stereocenters. The van der Waals surface area contributed by atoms with E-state index in [1.165, 1.54) is 12.1 Å². The van der Waals surface area contributed by atoms with Crippen molar-refractivity contribution in [1.82, 2.24) is 15.5 Å². The van der Waals surface area contributed by atoms with Crippen LogP contribution < -0.4 is 10.6 Å². The van der Waals surface area contributed by atoms with Crippen LogP contribution in [0.3, 0.4) is 0 Å². The summed E-state index contributed by atoms with van der Waals surface area (Å²) >= 11 is 2.01. The first kappa shape index (κ1) is 18.6. The van der Waals surface area contributed by atoms with Crippen molar-refractivity contribution in [2.75, 3.05) is 39.0 Å². The molecule has 0 spiro atoms. The van der Waals surface area contributed by atoms with Gasteiger partial charge in [0, 0.05) is 44.2 Å². The lowest BCUT2D eigenvalue weighted by Crippen LogP contribution is -2.49. The van der Waals surface area contributed by atoms with Crippen LogP contribution in [0, 0.1) is 5.82 Å². The normalized spacial score (nSPS) is 18.4. The van der Waals surface area contributed by atoms with Gasteiger partial charge >= 0.3 is 0 Å². The van der Waals surface area contributed by atoms with Crippen LogP contribution in [-0.4, -0.2) is 61.0 Å². The Hall–Kier alpha value is -1.76. The number of nitrogens with one attached hydrogen (secondary N) is 2. The number of benzene rings is 1. The Balaban J connectivity index is 1.76. The summed E-state index contributed by atoms with van der Waals surface area (Å²) in [5, 5.41) is 6.62. The maximum absolute atomic E-state index is 13.5. The van der Waals surface area contributed by atoms with Gasteiger partial charge in [0.2, 0.25) is 0 Å². The van der Waals surface area contributed by atoms with Gasteiger partial charge in [0.25, 0.3) is 5.91 Å². The number of halogens is 1. The van der Waals surface area contributed by atoms with Crippen molar-refractivity contribution in [3.8, 4) is 0 Å². The van der Waals surface area contributed by atoms with Gasteiger partial charge in [-0.15, -0.1) is 0 Å². The molecule has 0 radical (unpaired) electrons. The summed E-state index contributed by atoms with van der Waals surface area (Å²) in [5.74, 6) is 1.05. The van der Waals surface area contributed by atoms with E-state index in [0.717, 1.165) is 31.2 Å². The molecule has 1 heterocycles. The summed E-state index contributed by atoms with van der Waals surface area (Å²) in [6.45, 7) is 5.12. The lowest BCUT2D eigenvalue weighted by Gasteiger charge is -2.34. The Bertz CT molecular complexity index is 581. The maximum atomic E-state index is 13.5. The minimum absolute atomic E-state index is 0.0701.